The van der Waals surface area contributed by atoms with E-state index in [1.54, 1.807) is 12.1 Å². The first kappa shape index (κ1) is 12.8. The molecule has 4 nitrogen and oxygen atoms in total. The van der Waals surface area contributed by atoms with Crippen LogP contribution in [0.15, 0.2) is 30.3 Å². The Kier molecular flexibility index (Phi) is 3.50. The summed E-state index contributed by atoms with van der Waals surface area (Å²) in [4.78, 5) is 8.86. The monoisotopic (exact) mass is 272 g/mol. The third-order valence-electron chi connectivity index (χ3n) is 3.35. The lowest BCUT2D eigenvalue weighted by molar-refractivity contribution is 0.627. The predicted octanol–water partition coefficient (Wildman–Crippen LogP) is 3.15. The van der Waals surface area contributed by atoms with Crippen molar-refractivity contribution in [2.75, 3.05) is 17.7 Å². The topological polar surface area (TPSA) is 49.8 Å². The van der Waals surface area contributed by atoms with Gasteiger partial charge < -0.3 is 10.6 Å². The molecule has 1 aliphatic carbocycles. The number of nitrogens with one attached hydrogen (secondary N) is 2. The molecule has 5 heteroatoms. The first-order valence-corrected chi connectivity index (χ1v) is 6.79. The molecule has 0 saturated heterocycles. The van der Waals surface area contributed by atoms with Gasteiger partial charge in [-0.3, -0.25) is 0 Å². The Bertz CT molecular complexity index is 593. The minimum atomic E-state index is -0.218. The van der Waals surface area contributed by atoms with Crippen molar-refractivity contribution in [2.45, 2.75) is 25.3 Å². The lowest BCUT2D eigenvalue weighted by Gasteiger charge is -2.09. The molecule has 104 valence electrons. The van der Waals surface area contributed by atoms with Crippen LogP contribution >= 0.6 is 0 Å². The van der Waals surface area contributed by atoms with Crippen LogP contribution < -0.4 is 10.6 Å². The van der Waals surface area contributed by atoms with Gasteiger partial charge in [-0.15, -0.1) is 0 Å². The summed E-state index contributed by atoms with van der Waals surface area (Å²) in [5.41, 5.74) is 2.11. The van der Waals surface area contributed by atoms with E-state index in [4.69, 9.17) is 0 Å². The first-order valence-electron chi connectivity index (χ1n) is 6.79. The Morgan fingerprint density at radius 1 is 1.20 bits per heavy atom. The molecule has 0 bridgehead atoms. The molecule has 1 aliphatic rings. The highest BCUT2D eigenvalue weighted by Crippen LogP contribution is 2.39. The van der Waals surface area contributed by atoms with E-state index in [2.05, 4.69) is 20.6 Å². The summed E-state index contributed by atoms with van der Waals surface area (Å²) in [6.45, 7) is 0.616. The Balaban J connectivity index is 1.72. The molecular formula is C15H17FN4. The molecule has 0 radical (unpaired) electrons. The van der Waals surface area contributed by atoms with Crippen LogP contribution in [-0.4, -0.2) is 17.0 Å². The molecular weight excluding hydrogens is 255 g/mol. The molecule has 1 saturated carbocycles. The SMILES string of the molecule is CNc1nc(NCc2ccc(F)cc2)cc(C2CC2)n1. The Morgan fingerprint density at radius 2 is 1.95 bits per heavy atom. The zero-order valence-electron chi connectivity index (χ0n) is 11.4. The highest BCUT2D eigenvalue weighted by atomic mass is 19.1. The van der Waals surface area contributed by atoms with Gasteiger partial charge in [-0.25, -0.2) is 9.37 Å². The van der Waals surface area contributed by atoms with E-state index in [0.29, 0.717) is 18.4 Å². The average Bonchev–Trinajstić information content (AvgIpc) is 3.31. The summed E-state index contributed by atoms with van der Waals surface area (Å²) in [6.07, 6.45) is 2.41. The number of rotatable bonds is 5. The van der Waals surface area contributed by atoms with Crippen molar-refractivity contribution in [1.82, 2.24) is 9.97 Å². The molecule has 1 fully saturated rings. The van der Waals surface area contributed by atoms with Gasteiger partial charge in [0.1, 0.15) is 11.6 Å². The van der Waals surface area contributed by atoms with Crippen LogP contribution in [0, 0.1) is 5.82 Å². The van der Waals surface area contributed by atoms with Crippen LogP contribution in [0.3, 0.4) is 0 Å². The number of anilines is 2. The van der Waals surface area contributed by atoms with Gasteiger partial charge in [0, 0.05) is 25.6 Å². The van der Waals surface area contributed by atoms with Gasteiger partial charge in [0.25, 0.3) is 0 Å². The third kappa shape index (κ3) is 3.04. The predicted molar refractivity (Wildman–Crippen MR) is 77.3 cm³/mol. The van der Waals surface area contributed by atoms with E-state index in [0.717, 1.165) is 17.1 Å². The number of benzene rings is 1. The maximum Gasteiger partial charge on any atom is 0.224 e. The molecule has 2 aromatic rings. The van der Waals surface area contributed by atoms with Crippen LogP contribution in [0.5, 0.6) is 0 Å². The maximum atomic E-state index is 12.8. The summed E-state index contributed by atoms with van der Waals surface area (Å²) < 4.78 is 12.8. The Labute approximate surface area is 117 Å². The minimum absolute atomic E-state index is 0.218. The zero-order valence-corrected chi connectivity index (χ0v) is 11.4. The van der Waals surface area contributed by atoms with Gasteiger partial charge in [0.2, 0.25) is 5.95 Å². The van der Waals surface area contributed by atoms with E-state index < -0.39 is 0 Å². The number of hydrogen-bond donors (Lipinski definition) is 2. The molecule has 0 aliphatic heterocycles. The Hall–Kier alpha value is -2.17. The van der Waals surface area contributed by atoms with Crippen molar-refractivity contribution in [3.05, 3.63) is 47.4 Å². The second-order valence-corrected chi connectivity index (χ2v) is 5.01. The smallest absolute Gasteiger partial charge is 0.224 e. The van der Waals surface area contributed by atoms with Crippen molar-refractivity contribution >= 4 is 11.8 Å². The summed E-state index contributed by atoms with van der Waals surface area (Å²) >= 11 is 0. The largest absolute Gasteiger partial charge is 0.366 e. The number of nitrogens with zero attached hydrogens (tertiary/aromatic N) is 2. The average molecular weight is 272 g/mol. The summed E-state index contributed by atoms with van der Waals surface area (Å²) in [5, 5.41) is 6.25. The quantitative estimate of drug-likeness (QED) is 0.878. The van der Waals surface area contributed by atoms with Crippen LogP contribution in [0.1, 0.15) is 30.0 Å². The van der Waals surface area contributed by atoms with E-state index >= 15 is 0 Å². The highest BCUT2D eigenvalue weighted by molar-refractivity contribution is 5.44. The molecule has 0 spiro atoms. The van der Waals surface area contributed by atoms with E-state index in [9.17, 15) is 4.39 Å². The fraction of sp³-hybridized carbons (Fsp3) is 0.333. The van der Waals surface area contributed by atoms with Crippen molar-refractivity contribution in [3.63, 3.8) is 0 Å². The van der Waals surface area contributed by atoms with Gasteiger partial charge in [-0.05, 0) is 30.5 Å². The molecule has 0 atom stereocenters. The fourth-order valence-corrected chi connectivity index (χ4v) is 2.05. The van der Waals surface area contributed by atoms with E-state index in [1.165, 1.54) is 25.0 Å². The number of aromatic nitrogens is 2. The highest BCUT2D eigenvalue weighted by Gasteiger charge is 2.26. The fourth-order valence-electron chi connectivity index (χ4n) is 2.05. The molecule has 1 heterocycles. The molecule has 1 aromatic heterocycles. The van der Waals surface area contributed by atoms with Crippen LogP contribution in [-0.2, 0) is 6.54 Å². The minimum Gasteiger partial charge on any atom is -0.366 e. The second kappa shape index (κ2) is 5.45. The summed E-state index contributed by atoms with van der Waals surface area (Å²) in [6, 6.07) is 8.47. The van der Waals surface area contributed by atoms with Crippen molar-refractivity contribution in [3.8, 4) is 0 Å². The second-order valence-electron chi connectivity index (χ2n) is 5.01. The van der Waals surface area contributed by atoms with Crippen LogP contribution in [0.2, 0.25) is 0 Å². The van der Waals surface area contributed by atoms with Crippen LogP contribution in [0.4, 0.5) is 16.2 Å². The maximum absolute atomic E-state index is 12.8. The van der Waals surface area contributed by atoms with E-state index in [1.807, 2.05) is 13.1 Å². The first-order chi connectivity index (χ1) is 9.74. The molecule has 2 N–H and O–H groups in total. The van der Waals surface area contributed by atoms with Gasteiger partial charge >= 0.3 is 0 Å². The van der Waals surface area contributed by atoms with Crippen LogP contribution in [0.25, 0.3) is 0 Å². The molecule has 0 amide bonds. The molecule has 0 unspecified atom stereocenters. The van der Waals surface area contributed by atoms with Gasteiger partial charge in [0.05, 0.1) is 5.69 Å². The Morgan fingerprint density at radius 3 is 2.60 bits per heavy atom. The number of halogens is 1. The van der Waals surface area contributed by atoms with Gasteiger partial charge in [-0.2, -0.15) is 4.98 Å². The third-order valence-corrected chi connectivity index (χ3v) is 3.35. The standard InChI is InChI=1S/C15H17FN4/c1-17-15-19-13(11-4-5-11)8-14(20-15)18-9-10-2-6-12(16)7-3-10/h2-3,6-8,11H,4-5,9H2,1H3,(H2,17,18,19,20). The van der Waals surface area contributed by atoms with Gasteiger partial charge in [-0.1, -0.05) is 12.1 Å². The van der Waals surface area contributed by atoms with Crippen molar-refractivity contribution in [2.24, 2.45) is 0 Å². The number of hydrogen-bond acceptors (Lipinski definition) is 4. The lowest BCUT2D eigenvalue weighted by atomic mass is 10.2. The van der Waals surface area contributed by atoms with Crippen molar-refractivity contribution in [1.29, 1.82) is 0 Å². The normalized spacial score (nSPS) is 14.1. The molecule has 20 heavy (non-hydrogen) atoms. The summed E-state index contributed by atoms with van der Waals surface area (Å²) in [7, 11) is 1.82. The zero-order chi connectivity index (χ0) is 13.9. The lowest BCUT2D eigenvalue weighted by Crippen LogP contribution is -2.06. The summed E-state index contributed by atoms with van der Waals surface area (Å²) in [5.74, 6) is 1.80. The van der Waals surface area contributed by atoms with Gasteiger partial charge in [0.15, 0.2) is 0 Å². The molecule has 1 aromatic carbocycles. The molecule has 3 rings (SSSR count). The van der Waals surface area contributed by atoms with Crippen molar-refractivity contribution < 1.29 is 4.39 Å². The van der Waals surface area contributed by atoms with E-state index in [-0.39, 0.29) is 5.82 Å².